The van der Waals surface area contributed by atoms with Crippen molar-refractivity contribution in [2.45, 2.75) is 20.3 Å². The number of hydrogen-bond donors (Lipinski definition) is 1. The van der Waals surface area contributed by atoms with Crippen LogP contribution in [-0.4, -0.2) is 12.6 Å². The molecule has 2 N–H and O–H groups in total. The molecule has 0 saturated carbocycles. The number of nitrogen functional groups attached to an aromatic ring is 1. The first-order chi connectivity index (χ1) is 7.06. The van der Waals surface area contributed by atoms with Gasteiger partial charge < -0.3 is 10.5 Å². The molecule has 0 aliphatic rings. The minimum absolute atomic E-state index is 0.317. The maximum absolute atomic E-state index is 11.6. The molecule has 0 radical (unpaired) electrons. The van der Waals surface area contributed by atoms with Crippen molar-refractivity contribution >= 4 is 27.6 Å². The average Bonchev–Trinajstić information content (AvgIpc) is 2.19. The summed E-state index contributed by atoms with van der Waals surface area (Å²) in [6.07, 6.45) is 0.814. The lowest BCUT2D eigenvalue weighted by Gasteiger charge is -2.09. The van der Waals surface area contributed by atoms with Gasteiger partial charge >= 0.3 is 5.97 Å². The topological polar surface area (TPSA) is 52.3 Å². The summed E-state index contributed by atoms with van der Waals surface area (Å²) in [5.74, 6) is -0.317. The highest BCUT2D eigenvalue weighted by molar-refractivity contribution is 9.10. The number of halogens is 1. The molecule has 82 valence electrons. The lowest BCUT2D eigenvalue weighted by atomic mass is 10.1. The van der Waals surface area contributed by atoms with Crippen LogP contribution in [-0.2, 0) is 4.74 Å². The third-order valence-corrected chi connectivity index (χ3v) is 2.53. The minimum Gasteiger partial charge on any atom is -0.462 e. The second-order valence-corrected chi connectivity index (χ2v) is 4.22. The highest BCUT2D eigenvalue weighted by Crippen LogP contribution is 2.23. The normalized spacial score (nSPS) is 10.1. The van der Waals surface area contributed by atoms with Gasteiger partial charge in [0.05, 0.1) is 12.2 Å². The van der Waals surface area contributed by atoms with Gasteiger partial charge in [-0.3, -0.25) is 0 Å². The first-order valence-electron chi connectivity index (χ1n) is 4.79. The van der Waals surface area contributed by atoms with Crippen LogP contribution in [0.3, 0.4) is 0 Å². The van der Waals surface area contributed by atoms with Crippen LogP contribution in [0.1, 0.15) is 29.3 Å². The smallest absolute Gasteiger partial charge is 0.338 e. The molecule has 0 saturated heterocycles. The molecule has 1 rings (SSSR count). The molecule has 4 heteroatoms. The van der Waals surface area contributed by atoms with Crippen molar-refractivity contribution in [3.8, 4) is 0 Å². The summed E-state index contributed by atoms with van der Waals surface area (Å²) in [5.41, 5.74) is 7.63. The van der Waals surface area contributed by atoms with E-state index in [4.69, 9.17) is 10.5 Å². The van der Waals surface area contributed by atoms with Crippen LogP contribution in [0.2, 0.25) is 0 Å². The highest BCUT2D eigenvalue weighted by Gasteiger charge is 2.13. The van der Waals surface area contributed by atoms with E-state index in [9.17, 15) is 4.79 Å². The molecule has 0 bridgehead atoms. The van der Waals surface area contributed by atoms with Crippen LogP contribution >= 0.6 is 15.9 Å². The van der Waals surface area contributed by atoms with E-state index in [1.807, 2.05) is 13.8 Å². The Kier molecular flexibility index (Phi) is 4.15. The van der Waals surface area contributed by atoms with E-state index in [0.717, 1.165) is 16.5 Å². The zero-order valence-electron chi connectivity index (χ0n) is 8.84. The SMILES string of the molecule is CCCOC(=O)c1cc(Br)cc(N)c1C. The molecule has 3 nitrogen and oxygen atoms in total. The monoisotopic (exact) mass is 271 g/mol. The number of carbonyl (C=O) groups excluding carboxylic acids is 1. The van der Waals surface area contributed by atoms with E-state index in [0.29, 0.717) is 17.9 Å². The fourth-order valence-corrected chi connectivity index (χ4v) is 1.66. The number of esters is 1. The fraction of sp³-hybridized carbons (Fsp3) is 0.364. The molecule has 0 aliphatic carbocycles. The van der Waals surface area contributed by atoms with E-state index >= 15 is 0 Å². The maximum Gasteiger partial charge on any atom is 0.338 e. The molecular weight excluding hydrogens is 258 g/mol. The number of hydrogen-bond acceptors (Lipinski definition) is 3. The van der Waals surface area contributed by atoms with Gasteiger partial charge in [0, 0.05) is 10.2 Å². The van der Waals surface area contributed by atoms with Crippen molar-refractivity contribution in [2.24, 2.45) is 0 Å². The first-order valence-corrected chi connectivity index (χ1v) is 5.58. The van der Waals surface area contributed by atoms with Gasteiger partial charge in [0.1, 0.15) is 0 Å². The number of nitrogens with two attached hydrogens (primary N) is 1. The standard InChI is InChI=1S/C11H14BrNO2/c1-3-4-15-11(14)9-5-8(12)6-10(13)7(9)2/h5-6H,3-4,13H2,1-2H3. The number of benzene rings is 1. The van der Waals surface area contributed by atoms with Crippen LogP contribution in [0.4, 0.5) is 5.69 Å². The van der Waals surface area contributed by atoms with Crippen molar-refractivity contribution in [1.82, 2.24) is 0 Å². The lowest BCUT2D eigenvalue weighted by molar-refractivity contribution is 0.0504. The van der Waals surface area contributed by atoms with E-state index < -0.39 is 0 Å². The Balaban J connectivity index is 2.98. The third kappa shape index (κ3) is 2.96. The quantitative estimate of drug-likeness (QED) is 0.680. The zero-order chi connectivity index (χ0) is 11.4. The predicted molar refractivity (Wildman–Crippen MR) is 63.9 cm³/mol. The minimum atomic E-state index is -0.317. The summed E-state index contributed by atoms with van der Waals surface area (Å²) >= 11 is 3.30. The van der Waals surface area contributed by atoms with Crippen LogP contribution in [0, 0.1) is 6.92 Å². The van der Waals surface area contributed by atoms with Crippen molar-refractivity contribution in [1.29, 1.82) is 0 Å². The van der Waals surface area contributed by atoms with Gasteiger partial charge in [0.25, 0.3) is 0 Å². The molecular formula is C11H14BrNO2. The lowest BCUT2D eigenvalue weighted by Crippen LogP contribution is -2.09. The van der Waals surface area contributed by atoms with Gasteiger partial charge in [-0.05, 0) is 31.0 Å². The molecule has 1 aromatic carbocycles. The van der Waals surface area contributed by atoms with Crippen molar-refractivity contribution in [3.63, 3.8) is 0 Å². The number of rotatable bonds is 3. The van der Waals surface area contributed by atoms with E-state index in [1.54, 1.807) is 12.1 Å². The Morgan fingerprint density at radius 3 is 2.80 bits per heavy atom. The number of ether oxygens (including phenoxy) is 1. The van der Waals surface area contributed by atoms with Gasteiger partial charge in [-0.2, -0.15) is 0 Å². The highest BCUT2D eigenvalue weighted by atomic mass is 79.9. The summed E-state index contributed by atoms with van der Waals surface area (Å²) in [6.45, 7) is 4.20. The summed E-state index contributed by atoms with van der Waals surface area (Å²) < 4.78 is 5.84. The Morgan fingerprint density at radius 2 is 2.20 bits per heavy atom. The molecule has 0 heterocycles. The Morgan fingerprint density at radius 1 is 1.53 bits per heavy atom. The summed E-state index contributed by atoms with van der Waals surface area (Å²) in [7, 11) is 0. The van der Waals surface area contributed by atoms with Gasteiger partial charge in [0.15, 0.2) is 0 Å². The van der Waals surface area contributed by atoms with Crippen LogP contribution in [0.25, 0.3) is 0 Å². The molecule has 0 aliphatic heterocycles. The average molecular weight is 272 g/mol. The second kappa shape index (κ2) is 5.16. The summed E-state index contributed by atoms with van der Waals surface area (Å²) in [4.78, 5) is 11.6. The summed E-state index contributed by atoms with van der Waals surface area (Å²) in [5, 5.41) is 0. The van der Waals surface area contributed by atoms with E-state index in [1.165, 1.54) is 0 Å². The molecule has 0 amide bonds. The Labute approximate surface area is 97.7 Å². The largest absolute Gasteiger partial charge is 0.462 e. The Hall–Kier alpha value is -1.03. The van der Waals surface area contributed by atoms with Crippen molar-refractivity contribution in [3.05, 3.63) is 27.7 Å². The van der Waals surface area contributed by atoms with Crippen LogP contribution in [0.15, 0.2) is 16.6 Å². The van der Waals surface area contributed by atoms with Crippen molar-refractivity contribution < 1.29 is 9.53 Å². The summed E-state index contributed by atoms with van der Waals surface area (Å²) in [6, 6.07) is 3.50. The van der Waals surface area contributed by atoms with Gasteiger partial charge in [-0.1, -0.05) is 22.9 Å². The molecule has 0 fully saturated rings. The van der Waals surface area contributed by atoms with Crippen molar-refractivity contribution in [2.75, 3.05) is 12.3 Å². The molecule has 15 heavy (non-hydrogen) atoms. The fourth-order valence-electron chi connectivity index (χ4n) is 1.18. The second-order valence-electron chi connectivity index (χ2n) is 3.30. The number of carbonyl (C=O) groups is 1. The number of anilines is 1. The van der Waals surface area contributed by atoms with Crippen LogP contribution < -0.4 is 5.73 Å². The van der Waals surface area contributed by atoms with Gasteiger partial charge in [0.2, 0.25) is 0 Å². The van der Waals surface area contributed by atoms with Crippen LogP contribution in [0.5, 0.6) is 0 Å². The molecule has 0 spiro atoms. The van der Waals surface area contributed by atoms with Gasteiger partial charge in [-0.25, -0.2) is 4.79 Å². The predicted octanol–water partition coefficient (Wildman–Crippen LogP) is 2.91. The van der Waals surface area contributed by atoms with Gasteiger partial charge in [-0.15, -0.1) is 0 Å². The van der Waals surface area contributed by atoms with E-state index in [2.05, 4.69) is 15.9 Å². The maximum atomic E-state index is 11.6. The van der Waals surface area contributed by atoms with E-state index in [-0.39, 0.29) is 5.97 Å². The third-order valence-electron chi connectivity index (χ3n) is 2.07. The zero-order valence-corrected chi connectivity index (χ0v) is 10.4. The molecule has 0 aromatic heterocycles. The molecule has 0 unspecified atom stereocenters. The Bertz CT molecular complexity index is 377. The molecule has 1 aromatic rings. The first kappa shape index (κ1) is 12.0. The molecule has 0 atom stereocenters.